The molecule has 210 valence electrons. The number of hydrogen-bond donors (Lipinski definition) is 0. The van der Waals surface area contributed by atoms with Gasteiger partial charge in [0.25, 0.3) is 11.8 Å². The van der Waals surface area contributed by atoms with Crippen molar-refractivity contribution in [3.8, 4) is 0 Å². The fraction of sp³-hybridized carbons (Fsp3) is 0.242. The van der Waals surface area contributed by atoms with E-state index in [9.17, 15) is 9.59 Å². The van der Waals surface area contributed by atoms with Crippen LogP contribution in [0.2, 0.25) is 0 Å². The van der Waals surface area contributed by atoms with Gasteiger partial charge in [-0.1, -0.05) is 67.6 Å². The number of rotatable bonds is 4. The number of carbonyl (C=O) groups is 2. The highest BCUT2D eigenvalue weighted by Crippen LogP contribution is 2.54. The number of nitrogens with zero attached hydrogens (tertiary/aromatic N) is 4. The minimum atomic E-state index is -1.80. The number of hydrogen-bond acceptors (Lipinski definition) is 7. The molecule has 2 aliphatic heterocycles. The molecule has 7 rings (SSSR count). The Kier molecular flexibility index (Phi) is 5.75. The van der Waals surface area contributed by atoms with Crippen molar-refractivity contribution in [2.75, 3.05) is 9.80 Å². The number of aryl methyl sites for hydroxylation is 3. The molecule has 5 aromatic rings. The van der Waals surface area contributed by atoms with Crippen molar-refractivity contribution in [1.82, 2.24) is 10.2 Å². The van der Waals surface area contributed by atoms with E-state index < -0.39 is 22.8 Å². The summed E-state index contributed by atoms with van der Waals surface area (Å²) in [6, 6.07) is 18.8. The summed E-state index contributed by atoms with van der Waals surface area (Å²) in [6.45, 7) is 10.1. The molecular weight excluding hydrogens is 548 g/mol. The third-order valence-electron chi connectivity index (χ3n) is 8.45. The smallest absolute Gasteiger partial charge is 0.297 e. The quantitative estimate of drug-likeness (QED) is 0.255. The van der Waals surface area contributed by atoms with Gasteiger partial charge in [-0.15, -0.1) is 10.2 Å². The van der Waals surface area contributed by atoms with E-state index in [0.717, 1.165) is 27.3 Å². The number of para-hydroxylation sites is 1. The topological polar surface area (TPSA) is 96.6 Å². The first kappa shape index (κ1) is 26.3. The largest absolute Gasteiger partial charge is 0.450 e. The summed E-state index contributed by atoms with van der Waals surface area (Å²) in [7, 11) is 0. The predicted octanol–water partition coefficient (Wildman–Crippen LogP) is 6.14. The molecule has 2 aliphatic rings. The van der Waals surface area contributed by atoms with Gasteiger partial charge in [0, 0.05) is 11.5 Å². The maximum absolute atomic E-state index is 15.1. The lowest BCUT2D eigenvalue weighted by atomic mass is 9.84. The van der Waals surface area contributed by atoms with Gasteiger partial charge < -0.3 is 9.32 Å². The molecule has 1 unspecified atom stereocenters. The summed E-state index contributed by atoms with van der Waals surface area (Å²) >= 11 is 1.24. The van der Waals surface area contributed by atoms with Crippen LogP contribution in [0.4, 0.5) is 10.8 Å². The minimum absolute atomic E-state index is 0.0225. The summed E-state index contributed by atoms with van der Waals surface area (Å²) in [5.74, 6) is -1.08. The number of anilines is 2. The lowest BCUT2D eigenvalue weighted by Crippen LogP contribution is -2.53. The third kappa shape index (κ3) is 3.43. The highest BCUT2D eigenvalue weighted by Gasteiger charge is 2.66. The summed E-state index contributed by atoms with van der Waals surface area (Å²) in [6.07, 6.45) is 0. The molecule has 8 nitrogen and oxygen atoms in total. The first-order valence-electron chi connectivity index (χ1n) is 13.9. The summed E-state index contributed by atoms with van der Waals surface area (Å²) in [5, 5.41) is 10.0. The molecule has 1 atom stereocenters. The molecule has 2 amide bonds. The van der Waals surface area contributed by atoms with Crippen LogP contribution in [0, 0.1) is 20.8 Å². The number of benzene rings is 3. The van der Waals surface area contributed by atoms with Gasteiger partial charge >= 0.3 is 0 Å². The van der Waals surface area contributed by atoms with Crippen LogP contribution < -0.4 is 15.2 Å². The van der Waals surface area contributed by atoms with Crippen LogP contribution in [0.5, 0.6) is 0 Å². The van der Waals surface area contributed by atoms with Crippen LogP contribution in [0.3, 0.4) is 0 Å². The van der Waals surface area contributed by atoms with Gasteiger partial charge in [0.1, 0.15) is 10.6 Å². The Hall–Kier alpha value is -4.63. The number of amides is 2. The summed E-state index contributed by atoms with van der Waals surface area (Å²) in [4.78, 5) is 47.0. The Morgan fingerprint density at radius 2 is 1.62 bits per heavy atom. The van der Waals surface area contributed by atoms with Crippen LogP contribution in [0.15, 0.2) is 69.9 Å². The van der Waals surface area contributed by atoms with E-state index in [0.29, 0.717) is 22.2 Å². The van der Waals surface area contributed by atoms with Gasteiger partial charge in [-0.05, 0) is 61.2 Å². The standard InChI is InChI=1S/C33H28N4O4S/c1-17(2)29-34-35-32(42-29)37-30(39)28-26(27(38)22-14-19(4)20(5)15-25(22)41-28)33(37)23-12-8-9-13-24(23)36(31(33)40)16-21-11-7-6-10-18(21)3/h6-15,17H,16H2,1-5H3. The fourth-order valence-electron chi connectivity index (χ4n) is 6.08. The molecule has 0 saturated carbocycles. The summed E-state index contributed by atoms with van der Waals surface area (Å²) in [5.41, 5.74) is 3.13. The van der Waals surface area contributed by atoms with E-state index in [4.69, 9.17) is 4.42 Å². The Balaban J connectivity index is 1.56. The third-order valence-corrected chi connectivity index (χ3v) is 9.65. The predicted molar refractivity (Wildman–Crippen MR) is 162 cm³/mol. The molecule has 0 fully saturated rings. The van der Waals surface area contributed by atoms with E-state index in [1.165, 1.54) is 16.2 Å². The fourth-order valence-corrected chi connectivity index (χ4v) is 6.98. The van der Waals surface area contributed by atoms with Gasteiger partial charge in [0.05, 0.1) is 23.2 Å². The van der Waals surface area contributed by atoms with Crippen LogP contribution in [-0.2, 0) is 16.9 Å². The Morgan fingerprint density at radius 1 is 0.905 bits per heavy atom. The molecule has 4 heterocycles. The van der Waals surface area contributed by atoms with Crippen LogP contribution in [0.25, 0.3) is 11.0 Å². The van der Waals surface area contributed by atoms with Gasteiger partial charge in [-0.3, -0.25) is 19.3 Å². The lowest BCUT2D eigenvalue weighted by Gasteiger charge is -2.32. The maximum Gasteiger partial charge on any atom is 0.297 e. The SMILES string of the molecule is Cc1cc2oc3c(c(=O)c2cc1C)C1(C(=O)N(Cc2ccccc2C)c2ccccc21)N(c1nnc(C(C)C)s1)C3=O. The van der Waals surface area contributed by atoms with Crippen LogP contribution >= 0.6 is 11.3 Å². The van der Waals surface area contributed by atoms with E-state index >= 15 is 4.79 Å². The second-order valence-electron chi connectivity index (χ2n) is 11.3. The van der Waals surface area contributed by atoms with Crippen LogP contribution in [-0.4, -0.2) is 22.0 Å². The molecule has 0 aliphatic carbocycles. The zero-order chi connectivity index (χ0) is 29.5. The maximum atomic E-state index is 15.1. The van der Waals surface area contributed by atoms with Crippen molar-refractivity contribution < 1.29 is 14.0 Å². The Labute approximate surface area is 246 Å². The molecule has 2 aromatic heterocycles. The van der Waals surface area contributed by atoms with Crippen molar-refractivity contribution >= 4 is 44.9 Å². The molecule has 0 radical (unpaired) electrons. The Bertz CT molecular complexity index is 2030. The number of aromatic nitrogens is 2. The van der Waals surface area contributed by atoms with E-state index in [-0.39, 0.29) is 28.9 Å². The van der Waals surface area contributed by atoms with Gasteiger partial charge in [-0.2, -0.15) is 0 Å². The molecular formula is C33H28N4O4S. The molecule has 0 N–H and O–H groups in total. The van der Waals surface area contributed by atoms with Crippen molar-refractivity contribution in [2.45, 2.75) is 52.6 Å². The lowest BCUT2D eigenvalue weighted by molar-refractivity contribution is -0.121. The van der Waals surface area contributed by atoms with Crippen molar-refractivity contribution in [1.29, 1.82) is 0 Å². The monoisotopic (exact) mass is 576 g/mol. The molecule has 0 bridgehead atoms. The first-order valence-corrected chi connectivity index (χ1v) is 14.7. The highest BCUT2D eigenvalue weighted by atomic mass is 32.1. The number of carbonyl (C=O) groups excluding carboxylic acids is 2. The average molecular weight is 577 g/mol. The molecule has 9 heteroatoms. The first-order chi connectivity index (χ1) is 20.1. The van der Waals surface area contributed by atoms with Crippen molar-refractivity contribution in [3.63, 3.8) is 0 Å². The van der Waals surface area contributed by atoms with Gasteiger partial charge in [0.2, 0.25) is 10.9 Å². The Morgan fingerprint density at radius 3 is 2.36 bits per heavy atom. The average Bonchev–Trinajstić information content (AvgIpc) is 3.61. The molecule has 3 aromatic carbocycles. The molecule has 42 heavy (non-hydrogen) atoms. The van der Waals surface area contributed by atoms with Gasteiger partial charge in [0.15, 0.2) is 11.0 Å². The zero-order valence-corrected chi connectivity index (χ0v) is 24.7. The number of fused-ring (bicyclic) bond motifs is 5. The van der Waals surface area contributed by atoms with Gasteiger partial charge in [-0.25, -0.2) is 0 Å². The molecule has 0 saturated heterocycles. The normalized spacial score (nSPS) is 17.7. The van der Waals surface area contributed by atoms with E-state index in [1.807, 2.05) is 83.1 Å². The second kappa shape index (κ2) is 9.19. The van der Waals surface area contributed by atoms with Crippen molar-refractivity contribution in [3.05, 3.63) is 115 Å². The van der Waals surface area contributed by atoms with E-state index in [1.54, 1.807) is 17.0 Å². The zero-order valence-electron chi connectivity index (χ0n) is 23.9. The second-order valence-corrected chi connectivity index (χ2v) is 12.3. The van der Waals surface area contributed by atoms with E-state index in [2.05, 4.69) is 10.2 Å². The summed E-state index contributed by atoms with van der Waals surface area (Å²) < 4.78 is 6.26. The highest BCUT2D eigenvalue weighted by molar-refractivity contribution is 7.15. The van der Waals surface area contributed by atoms with Crippen LogP contribution in [0.1, 0.15) is 68.7 Å². The van der Waals surface area contributed by atoms with Crippen molar-refractivity contribution in [2.24, 2.45) is 0 Å². The minimum Gasteiger partial charge on any atom is -0.450 e. The molecule has 1 spiro atoms.